The molecule has 0 aliphatic carbocycles. The first-order chi connectivity index (χ1) is 25.5. The van der Waals surface area contributed by atoms with E-state index in [9.17, 15) is 16.8 Å². The molecule has 0 saturated heterocycles. The lowest BCUT2D eigenvalue weighted by Crippen LogP contribution is -2.18. The van der Waals surface area contributed by atoms with Gasteiger partial charge in [-0.25, -0.2) is 3.63 Å². The maximum atomic E-state index is 15.0. The molecule has 0 aliphatic rings. The summed E-state index contributed by atoms with van der Waals surface area (Å²) in [6.07, 6.45) is 0. The highest BCUT2D eigenvalue weighted by Gasteiger charge is 2.40. The SMILES string of the molecule is Cc1ccc(S(OS(=O)(=O)c2cc(OS(=O)(=O)c3ccc(C)cc3)ccc2OS(=O)(=O)c2ccc(C)cc2)(c2ccc(C)cc2)c2ccc(C)cc2)cc1. The molecule has 6 rings (SSSR count). The monoisotopic (exact) mass is 802 g/mol. The number of hydrogen-bond donors (Lipinski definition) is 0. The Morgan fingerprint density at radius 2 is 0.667 bits per heavy atom. The van der Waals surface area contributed by atoms with Crippen molar-refractivity contribution in [3.05, 3.63) is 167 Å². The van der Waals surface area contributed by atoms with Crippen LogP contribution in [0.3, 0.4) is 0 Å². The van der Waals surface area contributed by atoms with Crippen molar-refractivity contribution in [3.63, 3.8) is 0 Å². The van der Waals surface area contributed by atoms with Gasteiger partial charge in [0.05, 0.1) is 0 Å². The van der Waals surface area contributed by atoms with Gasteiger partial charge in [-0.05, 0) is 118 Å². The van der Waals surface area contributed by atoms with Crippen LogP contribution in [0.4, 0.5) is 0 Å². The summed E-state index contributed by atoms with van der Waals surface area (Å²) in [5.41, 5.74) is 4.40. The maximum absolute atomic E-state index is 15.0. The molecule has 0 N–H and O–H groups in total. The molecule has 6 aromatic rings. The molecule has 280 valence electrons. The van der Waals surface area contributed by atoms with Crippen molar-refractivity contribution in [2.75, 3.05) is 0 Å². The molecule has 0 unspecified atom stereocenters. The number of hydrogen-bond acceptors (Lipinski definition) is 9. The second kappa shape index (κ2) is 15.1. The van der Waals surface area contributed by atoms with Crippen LogP contribution in [-0.4, -0.2) is 25.3 Å². The van der Waals surface area contributed by atoms with E-state index in [1.165, 1.54) is 24.3 Å². The van der Waals surface area contributed by atoms with Gasteiger partial charge in [0, 0.05) is 20.8 Å². The third-order valence-electron chi connectivity index (χ3n) is 8.46. The summed E-state index contributed by atoms with van der Waals surface area (Å²) in [6.45, 7) is 9.30. The molecule has 54 heavy (non-hydrogen) atoms. The minimum absolute atomic E-state index is 0.169. The molecular weight excluding hydrogens is 765 g/mol. The van der Waals surface area contributed by atoms with Gasteiger partial charge in [0.15, 0.2) is 5.75 Å². The molecule has 0 spiro atoms. The molecule has 0 bridgehead atoms. The van der Waals surface area contributed by atoms with Gasteiger partial charge in [-0.1, -0.05) is 88.5 Å². The van der Waals surface area contributed by atoms with Gasteiger partial charge in [-0.2, -0.15) is 25.3 Å². The molecular formula is C41H38O9S4. The molecule has 0 aliphatic heterocycles. The summed E-state index contributed by atoms with van der Waals surface area (Å²) in [4.78, 5) is 0.449. The van der Waals surface area contributed by atoms with Crippen LogP contribution in [0.1, 0.15) is 27.8 Å². The molecule has 0 atom stereocenters. The summed E-state index contributed by atoms with van der Waals surface area (Å²) in [6, 6.07) is 36.7. The Kier molecular flexibility index (Phi) is 10.8. The second-order valence-electron chi connectivity index (χ2n) is 12.8. The molecule has 0 aromatic heterocycles. The Balaban J connectivity index is 1.57. The Morgan fingerprint density at radius 1 is 0.352 bits per heavy atom. The fourth-order valence-electron chi connectivity index (χ4n) is 5.44. The van der Waals surface area contributed by atoms with E-state index in [4.69, 9.17) is 12.0 Å². The zero-order chi connectivity index (χ0) is 38.9. The van der Waals surface area contributed by atoms with Gasteiger partial charge >= 0.3 is 30.4 Å². The average Bonchev–Trinajstić information content (AvgIpc) is 3.12. The molecule has 6 aromatic carbocycles. The van der Waals surface area contributed by atoms with Crippen molar-refractivity contribution >= 4 is 40.7 Å². The van der Waals surface area contributed by atoms with Crippen LogP contribution in [0.2, 0.25) is 0 Å². The fraction of sp³-hybridized carbons (Fsp3) is 0.122. The third kappa shape index (κ3) is 8.25. The first kappa shape index (κ1) is 38.8. The molecule has 13 heteroatoms. The zero-order valence-corrected chi connectivity index (χ0v) is 33.4. The van der Waals surface area contributed by atoms with E-state index >= 15 is 8.42 Å². The highest BCUT2D eigenvalue weighted by Crippen LogP contribution is 2.70. The quantitative estimate of drug-likeness (QED) is 0.111. The van der Waals surface area contributed by atoms with Crippen LogP contribution < -0.4 is 8.37 Å². The molecule has 0 amide bonds. The summed E-state index contributed by atoms with van der Waals surface area (Å²) in [7, 11) is -17.3. The number of benzene rings is 6. The van der Waals surface area contributed by atoms with Crippen molar-refractivity contribution in [3.8, 4) is 11.5 Å². The molecule has 9 nitrogen and oxygen atoms in total. The number of rotatable bonds is 12. The largest absolute Gasteiger partial charge is 0.379 e. The molecule has 0 radical (unpaired) electrons. The van der Waals surface area contributed by atoms with E-state index in [2.05, 4.69) is 0 Å². The predicted octanol–water partition coefficient (Wildman–Crippen LogP) is 9.37. The summed E-state index contributed by atoms with van der Waals surface area (Å²) >= 11 is 0. The van der Waals surface area contributed by atoms with E-state index in [1.807, 2.05) is 57.2 Å². The van der Waals surface area contributed by atoms with E-state index in [-0.39, 0.29) is 9.79 Å². The second-order valence-corrected chi connectivity index (χ2v) is 20.3. The van der Waals surface area contributed by atoms with Crippen LogP contribution in [0.5, 0.6) is 11.5 Å². The van der Waals surface area contributed by atoms with Crippen LogP contribution >= 0.6 is 10.3 Å². The van der Waals surface area contributed by atoms with Crippen LogP contribution in [0, 0.1) is 34.6 Å². The highest BCUT2D eigenvalue weighted by molar-refractivity contribution is 8.33. The molecule has 0 saturated carbocycles. The number of aryl methyl sites for hydroxylation is 5. The lowest BCUT2D eigenvalue weighted by molar-refractivity contribution is 0.464. The standard InChI is InChI=1S/C41H38O9S4/c1-29-6-17-35(18-7-29)51(36-19-8-30(2)9-20-36,37-21-10-31(3)11-22-37)50-54(46,47)41-28-34(48-52(42,43)38-23-12-32(4)13-24-38)16-27-40(41)49-53(44,45)39-25-14-33(5)15-26-39/h6-28H,1-5H3. The van der Waals surface area contributed by atoms with Gasteiger partial charge in [-0.3, -0.25) is 0 Å². The van der Waals surface area contributed by atoms with Crippen molar-refractivity contribution in [2.24, 2.45) is 0 Å². The smallest absolute Gasteiger partial charge is 0.339 e. The van der Waals surface area contributed by atoms with Gasteiger partial charge in [0.1, 0.15) is 20.4 Å². The fourth-order valence-corrected chi connectivity index (χ4v) is 12.7. The highest BCUT2D eigenvalue weighted by atomic mass is 32.3. The predicted molar refractivity (Wildman–Crippen MR) is 209 cm³/mol. The topological polar surface area (TPSA) is 130 Å². The summed E-state index contributed by atoms with van der Waals surface area (Å²) < 4.78 is 101. The third-order valence-corrected chi connectivity index (χ3v) is 16.2. The average molecular weight is 803 g/mol. The summed E-state index contributed by atoms with van der Waals surface area (Å²) in [5.74, 6) is -1.04. The van der Waals surface area contributed by atoms with E-state index in [1.54, 1.807) is 74.5 Å². The van der Waals surface area contributed by atoms with E-state index in [0.29, 0.717) is 14.7 Å². The Bertz CT molecular complexity index is 2510. The Morgan fingerprint density at radius 3 is 1.02 bits per heavy atom. The Hall–Kier alpha value is -4.92. The Labute approximate surface area is 319 Å². The molecule has 0 fully saturated rings. The van der Waals surface area contributed by atoms with Crippen LogP contribution in [0.15, 0.2) is 169 Å². The molecule has 0 heterocycles. The van der Waals surface area contributed by atoms with Gasteiger partial charge < -0.3 is 8.37 Å². The van der Waals surface area contributed by atoms with E-state index in [0.717, 1.165) is 46.0 Å². The first-order valence-electron chi connectivity index (χ1n) is 16.6. The van der Waals surface area contributed by atoms with Crippen molar-refractivity contribution in [1.82, 2.24) is 0 Å². The van der Waals surface area contributed by atoms with Gasteiger partial charge in [-0.15, -0.1) is 0 Å². The van der Waals surface area contributed by atoms with Gasteiger partial charge in [0.2, 0.25) is 0 Å². The first-order valence-corrected chi connectivity index (χ1v) is 22.4. The van der Waals surface area contributed by atoms with Crippen LogP contribution in [0.25, 0.3) is 0 Å². The van der Waals surface area contributed by atoms with Gasteiger partial charge in [0.25, 0.3) is 0 Å². The lowest BCUT2D eigenvalue weighted by Gasteiger charge is -2.39. The van der Waals surface area contributed by atoms with E-state index < -0.39 is 57.1 Å². The van der Waals surface area contributed by atoms with Crippen molar-refractivity contribution in [1.29, 1.82) is 0 Å². The normalized spacial score (nSPS) is 12.6. The maximum Gasteiger partial charge on any atom is 0.339 e. The minimum atomic E-state index is -5.06. The summed E-state index contributed by atoms with van der Waals surface area (Å²) in [5, 5.41) is 0. The lowest BCUT2D eigenvalue weighted by atomic mass is 10.2. The van der Waals surface area contributed by atoms with Crippen molar-refractivity contribution < 1.29 is 37.2 Å². The zero-order valence-electron chi connectivity index (χ0n) is 30.1. The van der Waals surface area contributed by atoms with Crippen molar-refractivity contribution in [2.45, 2.75) is 64.0 Å². The minimum Gasteiger partial charge on any atom is -0.379 e. The van der Waals surface area contributed by atoms with Crippen LogP contribution in [-0.2, 0) is 34.0 Å².